The van der Waals surface area contributed by atoms with Crippen LogP contribution in [0.5, 0.6) is 5.75 Å². The highest BCUT2D eigenvalue weighted by Gasteiger charge is 2.10. The van der Waals surface area contributed by atoms with E-state index in [0.717, 1.165) is 11.3 Å². The van der Waals surface area contributed by atoms with Gasteiger partial charge < -0.3 is 10.5 Å². The zero-order chi connectivity index (χ0) is 13.8. The predicted molar refractivity (Wildman–Crippen MR) is 71.7 cm³/mol. The van der Waals surface area contributed by atoms with Crippen LogP contribution in [0.25, 0.3) is 0 Å². The van der Waals surface area contributed by atoms with Crippen molar-refractivity contribution in [2.24, 2.45) is 0 Å². The summed E-state index contributed by atoms with van der Waals surface area (Å²) in [6.07, 6.45) is 0.515. The van der Waals surface area contributed by atoms with Gasteiger partial charge in [-0.05, 0) is 13.0 Å². The number of para-hydroxylation sites is 1. The topological polar surface area (TPSA) is 84.8 Å². The van der Waals surface area contributed by atoms with E-state index in [1.807, 2.05) is 30.3 Å². The van der Waals surface area contributed by atoms with E-state index < -0.39 is 0 Å². The minimum absolute atomic E-state index is 0.222. The molecule has 5 nitrogen and oxygen atoms in total. The van der Waals surface area contributed by atoms with E-state index in [9.17, 15) is 0 Å². The molecule has 1 heterocycles. The molecule has 5 heteroatoms. The van der Waals surface area contributed by atoms with Crippen LogP contribution < -0.4 is 10.5 Å². The molecule has 0 unspecified atom stereocenters. The number of aryl methyl sites for hydroxylation is 1. The van der Waals surface area contributed by atoms with Crippen molar-refractivity contribution in [1.29, 1.82) is 5.26 Å². The highest BCUT2D eigenvalue weighted by molar-refractivity contribution is 5.50. The molecule has 0 aliphatic heterocycles. The summed E-state index contributed by atoms with van der Waals surface area (Å²) in [7, 11) is 1.62. The van der Waals surface area contributed by atoms with E-state index in [0.29, 0.717) is 23.5 Å². The Balaban J connectivity index is 2.37. The van der Waals surface area contributed by atoms with Crippen molar-refractivity contribution in [2.75, 3.05) is 12.8 Å². The highest BCUT2D eigenvalue weighted by Crippen LogP contribution is 2.21. The number of hydrogen-bond donors (Lipinski definition) is 1. The van der Waals surface area contributed by atoms with Gasteiger partial charge in [-0.3, -0.25) is 0 Å². The number of nitrogens with zero attached hydrogens (tertiary/aromatic N) is 3. The molecule has 0 aliphatic carbocycles. The van der Waals surface area contributed by atoms with Crippen LogP contribution in [0.3, 0.4) is 0 Å². The van der Waals surface area contributed by atoms with E-state index in [-0.39, 0.29) is 5.82 Å². The standard InChI is InChI=1S/C14H14N4O/c1-9-11(8-15)14(16)18-13(17-9)7-10-5-3-4-6-12(10)19-2/h3-6H,7H2,1-2H3,(H2,16,17,18). The Morgan fingerprint density at radius 3 is 2.68 bits per heavy atom. The Labute approximate surface area is 111 Å². The van der Waals surface area contributed by atoms with Crippen molar-refractivity contribution in [3.05, 3.63) is 46.9 Å². The molecule has 1 aromatic heterocycles. The summed E-state index contributed by atoms with van der Waals surface area (Å²) in [6, 6.07) is 9.67. The number of rotatable bonds is 3. The molecular formula is C14H14N4O. The molecule has 2 rings (SSSR count). The Morgan fingerprint density at radius 1 is 1.32 bits per heavy atom. The first-order chi connectivity index (χ1) is 9.15. The summed E-state index contributed by atoms with van der Waals surface area (Å²) in [5.41, 5.74) is 7.67. The molecule has 0 spiro atoms. The Hall–Kier alpha value is -2.61. The molecule has 0 fully saturated rings. The molecule has 0 atom stereocenters. The molecular weight excluding hydrogens is 240 g/mol. The van der Waals surface area contributed by atoms with Crippen molar-refractivity contribution in [1.82, 2.24) is 9.97 Å². The molecule has 0 saturated heterocycles. The lowest BCUT2D eigenvalue weighted by atomic mass is 10.1. The summed E-state index contributed by atoms with van der Waals surface area (Å²) < 4.78 is 5.28. The first-order valence-electron chi connectivity index (χ1n) is 5.80. The second-order valence-corrected chi connectivity index (χ2v) is 4.09. The second kappa shape index (κ2) is 5.36. The van der Waals surface area contributed by atoms with Gasteiger partial charge in [0, 0.05) is 12.0 Å². The Bertz CT molecular complexity index is 623. The lowest BCUT2D eigenvalue weighted by molar-refractivity contribution is 0.410. The maximum absolute atomic E-state index is 8.93. The van der Waals surface area contributed by atoms with Crippen LogP contribution in [-0.2, 0) is 6.42 Å². The molecule has 0 bridgehead atoms. The molecule has 2 N–H and O–H groups in total. The third kappa shape index (κ3) is 2.63. The summed E-state index contributed by atoms with van der Waals surface area (Å²) in [5, 5.41) is 8.93. The van der Waals surface area contributed by atoms with Crippen LogP contribution in [0.4, 0.5) is 5.82 Å². The lowest BCUT2D eigenvalue weighted by Gasteiger charge is -2.09. The molecule has 19 heavy (non-hydrogen) atoms. The van der Waals surface area contributed by atoms with Crippen molar-refractivity contribution in [2.45, 2.75) is 13.3 Å². The van der Waals surface area contributed by atoms with E-state index in [1.165, 1.54) is 0 Å². The van der Waals surface area contributed by atoms with E-state index in [2.05, 4.69) is 9.97 Å². The van der Waals surface area contributed by atoms with Crippen molar-refractivity contribution < 1.29 is 4.74 Å². The fourth-order valence-electron chi connectivity index (χ4n) is 1.89. The molecule has 0 amide bonds. The fraction of sp³-hybridized carbons (Fsp3) is 0.214. The summed E-state index contributed by atoms with van der Waals surface area (Å²) in [5.74, 6) is 1.59. The zero-order valence-electron chi connectivity index (χ0n) is 10.8. The van der Waals surface area contributed by atoms with Gasteiger partial charge in [-0.1, -0.05) is 18.2 Å². The monoisotopic (exact) mass is 254 g/mol. The smallest absolute Gasteiger partial charge is 0.145 e. The van der Waals surface area contributed by atoms with Gasteiger partial charge in [0.15, 0.2) is 0 Å². The Morgan fingerprint density at radius 2 is 2.05 bits per heavy atom. The van der Waals surface area contributed by atoms with Gasteiger partial charge in [0.1, 0.15) is 29.0 Å². The second-order valence-electron chi connectivity index (χ2n) is 4.09. The number of aromatic nitrogens is 2. The largest absolute Gasteiger partial charge is 0.496 e. The van der Waals surface area contributed by atoms with Gasteiger partial charge in [0.2, 0.25) is 0 Å². The van der Waals surface area contributed by atoms with Crippen LogP contribution in [0, 0.1) is 18.3 Å². The predicted octanol–water partition coefficient (Wildman–Crippen LogP) is 1.84. The quantitative estimate of drug-likeness (QED) is 0.903. The number of nitriles is 1. The third-order valence-corrected chi connectivity index (χ3v) is 2.82. The minimum atomic E-state index is 0.222. The van der Waals surface area contributed by atoms with E-state index >= 15 is 0 Å². The fourth-order valence-corrected chi connectivity index (χ4v) is 1.89. The number of nitrogen functional groups attached to an aromatic ring is 1. The van der Waals surface area contributed by atoms with Gasteiger partial charge in [-0.15, -0.1) is 0 Å². The average Bonchev–Trinajstić information content (AvgIpc) is 2.39. The lowest BCUT2D eigenvalue weighted by Crippen LogP contribution is -2.06. The van der Waals surface area contributed by atoms with Crippen molar-refractivity contribution >= 4 is 5.82 Å². The number of methoxy groups -OCH3 is 1. The summed E-state index contributed by atoms with van der Waals surface area (Å²) in [6.45, 7) is 1.75. The number of nitrogens with two attached hydrogens (primary N) is 1. The van der Waals surface area contributed by atoms with Crippen LogP contribution in [0.2, 0.25) is 0 Å². The van der Waals surface area contributed by atoms with Gasteiger partial charge >= 0.3 is 0 Å². The number of benzene rings is 1. The maximum atomic E-state index is 8.93. The number of ether oxygens (including phenoxy) is 1. The molecule has 96 valence electrons. The average molecular weight is 254 g/mol. The SMILES string of the molecule is COc1ccccc1Cc1nc(C)c(C#N)c(N)n1. The van der Waals surface area contributed by atoms with Crippen LogP contribution >= 0.6 is 0 Å². The maximum Gasteiger partial charge on any atom is 0.145 e. The van der Waals surface area contributed by atoms with Gasteiger partial charge in [-0.2, -0.15) is 5.26 Å². The first kappa shape index (κ1) is 12.8. The number of hydrogen-bond acceptors (Lipinski definition) is 5. The highest BCUT2D eigenvalue weighted by atomic mass is 16.5. The zero-order valence-corrected chi connectivity index (χ0v) is 10.8. The van der Waals surface area contributed by atoms with Crippen LogP contribution in [-0.4, -0.2) is 17.1 Å². The van der Waals surface area contributed by atoms with Gasteiger partial charge in [0.05, 0.1) is 12.8 Å². The third-order valence-electron chi connectivity index (χ3n) is 2.82. The molecule has 0 saturated carbocycles. The van der Waals surface area contributed by atoms with E-state index in [1.54, 1.807) is 14.0 Å². The summed E-state index contributed by atoms with van der Waals surface area (Å²) in [4.78, 5) is 8.47. The number of anilines is 1. The van der Waals surface area contributed by atoms with Crippen molar-refractivity contribution in [3.8, 4) is 11.8 Å². The van der Waals surface area contributed by atoms with E-state index in [4.69, 9.17) is 15.7 Å². The Kier molecular flexibility index (Phi) is 3.62. The van der Waals surface area contributed by atoms with Gasteiger partial charge in [-0.25, -0.2) is 9.97 Å². The minimum Gasteiger partial charge on any atom is -0.496 e. The van der Waals surface area contributed by atoms with Gasteiger partial charge in [0.25, 0.3) is 0 Å². The molecule has 0 aliphatic rings. The summed E-state index contributed by atoms with van der Waals surface area (Å²) >= 11 is 0. The normalized spacial score (nSPS) is 9.95. The molecule has 2 aromatic rings. The molecule has 0 radical (unpaired) electrons. The van der Waals surface area contributed by atoms with Crippen molar-refractivity contribution in [3.63, 3.8) is 0 Å². The molecule has 1 aromatic carbocycles. The van der Waals surface area contributed by atoms with Crippen LogP contribution in [0.15, 0.2) is 24.3 Å². The van der Waals surface area contributed by atoms with Crippen LogP contribution in [0.1, 0.15) is 22.6 Å². The first-order valence-corrected chi connectivity index (χ1v) is 5.80.